The number of sulfonamides is 1. The highest BCUT2D eigenvalue weighted by Crippen LogP contribution is 2.29. The number of nitrogens with zero attached hydrogens (tertiary/aromatic N) is 1. The number of carbonyl (C=O) groups is 1. The topological polar surface area (TPSA) is 92.5 Å². The Kier molecular flexibility index (Phi) is 7.93. The molecule has 2 aromatic rings. The molecule has 1 aliphatic rings. The van der Waals surface area contributed by atoms with Crippen LogP contribution < -0.4 is 11.1 Å². The van der Waals surface area contributed by atoms with Crippen molar-refractivity contribution in [3.63, 3.8) is 0 Å². The molecule has 0 atom stereocenters. The SMILES string of the molecule is CC(C)c1ccc(NC(=O)C2(N)CCN(S(=O)(=O)c3ccccc3Cl)CC2)cc1.Cl. The Morgan fingerprint density at radius 1 is 1.10 bits per heavy atom. The summed E-state index contributed by atoms with van der Waals surface area (Å²) in [6.07, 6.45) is 0.458. The van der Waals surface area contributed by atoms with Gasteiger partial charge in [-0.3, -0.25) is 4.79 Å². The second-order valence-corrected chi connectivity index (χ2v) is 10.0. The Balaban J connectivity index is 0.00000320. The van der Waals surface area contributed by atoms with Crippen LogP contribution in [0.15, 0.2) is 53.4 Å². The molecule has 0 spiro atoms. The van der Waals surface area contributed by atoms with Crippen molar-refractivity contribution in [1.82, 2.24) is 4.31 Å². The van der Waals surface area contributed by atoms with Crippen molar-refractivity contribution >= 4 is 45.6 Å². The molecule has 3 rings (SSSR count). The molecule has 0 saturated carbocycles. The summed E-state index contributed by atoms with van der Waals surface area (Å²) in [5, 5.41) is 3.04. The van der Waals surface area contributed by atoms with Gasteiger partial charge in [0.1, 0.15) is 4.90 Å². The number of piperidine rings is 1. The maximum Gasteiger partial charge on any atom is 0.244 e. The van der Waals surface area contributed by atoms with Crippen molar-refractivity contribution in [3.8, 4) is 0 Å². The number of carbonyl (C=O) groups excluding carboxylic acids is 1. The average molecular weight is 472 g/mol. The van der Waals surface area contributed by atoms with E-state index in [2.05, 4.69) is 19.2 Å². The zero-order valence-electron chi connectivity index (χ0n) is 17.0. The van der Waals surface area contributed by atoms with Crippen LogP contribution in [-0.2, 0) is 14.8 Å². The lowest BCUT2D eigenvalue weighted by Crippen LogP contribution is -2.58. The lowest BCUT2D eigenvalue weighted by atomic mass is 9.88. The summed E-state index contributed by atoms with van der Waals surface area (Å²) in [5.74, 6) is 0.106. The molecule has 0 aromatic heterocycles. The normalized spacial score (nSPS) is 16.7. The van der Waals surface area contributed by atoms with Crippen molar-refractivity contribution in [2.24, 2.45) is 5.73 Å². The van der Waals surface area contributed by atoms with Crippen LogP contribution in [0.4, 0.5) is 5.69 Å². The lowest BCUT2D eigenvalue weighted by molar-refractivity contribution is -0.122. The lowest BCUT2D eigenvalue weighted by Gasteiger charge is -2.37. The Bertz CT molecular complexity index is 987. The summed E-state index contributed by atoms with van der Waals surface area (Å²) in [6, 6.07) is 14.0. The van der Waals surface area contributed by atoms with Crippen LogP contribution in [0.5, 0.6) is 0 Å². The van der Waals surface area contributed by atoms with Gasteiger partial charge < -0.3 is 11.1 Å². The second kappa shape index (κ2) is 9.66. The van der Waals surface area contributed by atoms with Crippen molar-refractivity contribution in [3.05, 3.63) is 59.1 Å². The van der Waals surface area contributed by atoms with Crippen LogP contribution in [-0.4, -0.2) is 37.3 Å². The summed E-state index contributed by atoms with van der Waals surface area (Å²) >= 11 is 6.06. The van der Waals surface area contributed by atoms with Crippen LogP contribution >= 0.6 is 24.0 Å². The first kappa shape index (κ1) is 24.6. The number of hydrogen-bond acceptors (Lipinski definition) is 4. The quantitative estimate of drug-likeness (QED) is 0.688. The number of halogens is 2. The fourth-order valence-electron chi connectivity index (χ4n) is 3.35. The summed E-state index contributed by atoms with van der Waals surface area (Å²) < 4.78 is 27.1. The first-order valence-corrected chi connectivity index (χ1v) is 11.4. The first-order chi connectivity index (χ1) is 13.6. The molecule has 1 heterocycles. The monoisotopic (exact) mass is 471 g/mol. The maximum atomic E-state index is 12.9. The first-order valence-electron chi connectivity index (χ1n) is 9.58. The fourth-order valence-corrected chi connectivity index (χ4v) is 5.29. The van der Waals surface area contributed by atoms with Gasteiger partial charge in [-0.25, -0.2) is 8.42 Å². The van der Waals surface area contributed by atoms with E-state index in [1.54, 1.807) is 18.2 Å². The standard InChI is InChI=1S/C21H26ClN3O3S.ClH/c1-15(2)16-7-9-17(10-8-16)24-20(26)21(23)11-13-25(14-12-21)29(27,28)19-6-4-3-5-18(19)22;/h3-10,15H,11-14,23H2,1-2H3,(H,24,26);1H. The number of amides is 1. The Morgan fingerprint density at radius 3 is 2.20 bits per heavy atom. The molecule has 9 heteroatoms. The van der Waals surface area contributed by atoms with Gasteiger partial charge in [-0.05, 0) is 48.6 Å². The molecule has 3 N–H and O–H groups in total. The van der Waals surface area contributed by atoms with E-state index in [9.17, 15) is 13.2 Å². The molecule has 2 aromatic carbocycles. The van der Waals surface area contributed by atoms with Crippen molar-refractivity contribution in [2.45, 2.75) is 43.0 Å². The highest BCUT2D eigenvalue weighted by Gasteiger charge is 2.41. The van der Waals surface area contributed by atoms with Gasteiger partial charge in [0.15, 0.2) is 0 Å². The molecule has 0 radical (unpaired) electrons. The van der Waals surface area contributed by atoms with Gasteiger partial charge in [0.2, 0.25) is 15.9 Å². The van der Waals surface area contributed by atoms with E-state index >= 15 is 0 Å². The third kappa shape index (κ3) is 5.15. The van der Waals surface area contributed by atoms with E-state index in [1.807, 2.05) is 24.3 Å². The van der Waals surface area contributed by atoms with Gasteiger partial charge in [0.05, 0.1) is 10.6 Å². The molecule has 0 bridgehead atoms. The van der Waals surface area contributed by atoms with E-state index in [0.29, 0.717) is 11.6 Å². The minimum Gasteiger partial charge on any atom is -0.324 e. The van der Waals surface area contributed by atoms with Crippen molar-refractivity contribution in [1.29, 1.82) is 0 Å². The van der Waals surface area contributed by atoms with E-state index in [4.69, 9.17) is 17.3 Å². The van der Waals surface area contributed by atoms with Gasteiger partial charge in [0, 0.05) is 18.8 Å². The van der Waals surface area contributed by atoms with Crippen molar-refractivity contribution in [2.75, 3.05) is 18.4 Å². The fraction of sp³-hybridized carbons (Fsp3) is 0.381. The number of hydrogen-bond donors (Lipinski definition) is 2. The average Bonchev–Trinajstić information content (AvgIpc) is 2.69. The molecule has 1 aliphatic heterocycles. The van der Waals surface area contributed by atoms with E-state index in [0.717, 1.165) is 0 Å². The highest BCUT2D eigenvalue weighted by atomic mass is 35.5. The van der Waals surface area contributed by atoms with Gasteiger partial charge in [-0.1, -0.05) is 49.7 Å². The van der Waals surface area contributed by atoms with Crippen LogP contribution in [0.2, 0.25) is 5.02 Å². The molecule has 0 aliphatic carbocycles. The second-order valence-electron chi connectivity index (χ2n) is 7.72. The number of anilines is 1. The van der Waals surface area contributed by atoms with Crippen LogP contribution in [0.3, 0.4) is 0 Å². The molecule has 1 fully saturated rings. The Labute approximate surface area is 189 Å². The molecular formula is C21H27Cl2N3O3S. The summed E-state index contributed by atoms with van der Waals surface area (Å²) in [6.45, 7) is 4.52. The summed E-state index contributed by atoms with van der Waals surface area (Å²) in [5.41, 5.74) is 7.08. The van der Waals surface area contributed by atoms with Crippen LogP contribution in [0, 0.1) is 0 Å². The van der Waals surface area contributed by atoms with Crippen molar-refractivity contribution < 1.29 is 13.2 Å². The summed E-state index contributed by atoms with van der Waals surface area (Å²) in [7, 11) is -3.73. The van der Waals surface area contributed by atoms with Crippen LogP contribution in [0.25, 0.3) is 0 Å². The Hall–Kier alpha value is -1.64. The number of nitrogens with two attached hydrogens (primary N) is 1. The van der Waals surface area contributed by atoms with Crippen LogP contribution in [0.1, 0.15) is 38.2 Å². The zero-order valence-corrected chi connectivity index (χ0v) is 19.4. The largest absolute Gasteiger partial charge is 0.324 e. The molecule has 1 amide bonds. The molecule has 30 heavy (non-hydrogen) atoms. The third-order valence-corrected chi connectivity index (χ3v) is 7.75. The van der Waals surface area contributed by atoms with E-state index in [-0.39, 0.29) is 54.2 Å². The van der Waals surface area contributed by atoms with E-state index in [1.165, 1.54) is 15.9 Å². The van der Waals surface area contributed by atoms with Gasteiger partial charge in [-0.15, -0.1) is 12.4 Å². The number of rotatable bonds is 5. The smallest absolute Gasteiger partial charge is 0.244 e. The minimum absolute atomic E-state index is 0. The highest BCUT2D eigenvalue weighted by molar-refractivity contribution is 7.89. The Morgan fingerprint density at radius 2 is 1.67 bits per heavy atom. The predicted octanol–water partition coefficient (Wildman–Crippen LogP) is 4.01. The third-order valence-electron chi connectivity index (χ3n) is 5.36. The molecular weight excluding hydrogens is 445 g/mol. The van der Waals surface area contributed by atoms with Gasteiger partial charge >= 0.3 is 0 Å². The molecule has 6 nitrogen and oxygen atoms in total. The van der Waals surface area contributed by atoms with Gasteiger partial charge in [-0.2, -0.15) is 4.31 Å². The molecule has 0 unspecified atom stereocenters. The maximum absolute atomic E-state index is 12.9. The predicted molar refractivity (Wildman–Crippen MR) is 123 cm³/mol. The van der Waals surface area contributed by atoms with E-state index < -0.39 is 15.6 Å². The minimum atomic E-state index is -3.73. The molecule has 1 saturated heterocycles. The molecule has 164 valence electrons. The summed E-state index contributed by atoms with van der Waals surface area (Å²) in [4.78, 5) is 12.8. The number of benzene rings is 2. The zero-order chi connectivity index (χ0) is 21.2. The van der Waals surface area contributed by atoms with Gasteiger partial charge in [0.25, 0.3) is 0 Å². The number of nitrogens with one attached hydrogen (secondary N) is 1.